The summed E-state index contributed by atoms with van der Waals surface area (Å²) in [6.45, 7) is 13.7. The number of nitrogens with zero attached hydrogens (tertiary/aromatic N) is 3. The van der Waals surface area contributed by atoms with E-state index in [4.69, 9.17) is 14.5 Å². The van der Waals surface area contributed by atoms with Crippen molar-refractivity contribution in [3.05, 3.63) is 63.5 Å². The summed E-state index contributed by atoms with van der Waals surface area (Å²) in [5, 5.41) is 3.37. The molecule has 2 atom stereocenters. The Labute approximate surface area is 224 Å². The highest BCUT2D eigenvalue weighted by atomic mass is 32.1. The smallest absolute Gasteiger partial charge is 0.185 e. The second kappa shape index (κ2) is 9.11. The molecular formula is C31H37N3O2S. The molecule has 37 heavy (non-hydrogen) atoms. The van der Waals surface area contributed by atoms with Gasteiger partial charge in [0.2, 0.25) is 0 Å². The molecule has 2 saturated heterocycles. The number of benzene rings is 2. The van der Waals surface area contributed by atoms with E-state index < -0.39 is 0 Å². The van der Waals surface area contributed by atoms with Crippen molar-refractivity contribution < 1.29 is 9.47 Å². The molecule has 6 heteroatoms. The highest BCUT2D eigenvalue weighted by Gasteiger charge is 2.52. The molecular weight excluding hydrogens is 478 g/mol. The quantitative estimate of drug-likeness (QED) is 0.403. The molecule has 7 rings (SSSR count). The van der Waals surface area contributed by atoms with Crippen LogP contribution in [0.5, 0.6) is 5.75 Å². The number of rotatable bonds is 6. The van der Waals surface area contributed by atoms with Crippen LogP contribution in [-0.2, 0) is 24.3 Å². The molecule has 3 fully saturated rings. The summed E-state index contributed by atoms with van der Waals surface area (Å²) < 4.78 is 12.0. The molecule has 0 bridgehead atoms. The molecule has 1 aromatic heterocycles. The van der Waals surface area contributed by atoms with Crippen molar-refractivity contribution in [3.8, 4) is 17.0 Å². The molecule has 2 aromatic carbocycles. The van der Waals surface area contributed by atoms with Crippen LogP contribution < -0.4 is 9.64 Å². The maximum Gasteiger partial charge on any atom is 0.185 e. The summed E-state index contributed by atoms with van der Waals surface area (Å²) in [5.41, 5.74) is 9.56. The third-order valence-corrected chi connectivity index (χ3v) is 10.4. The zero-order valence-electron chi connectivity index (χ0n) is 22.3. The van der Waals surface area contributed by atoms with Gasteiger partial charge in [-0.2, -0.15) is 0 Å². The molecule has 1 aliphatic carbocycles. The Balaban J connectivity index is 1.09. The number of para-hydroxylation sites is 1. The van der Waals surface area contributed by atoms with Crippen molar-refractivity contribution in [2.24, 2.45) is 11.3 Å². The lowest BCUT2D eigenvalue weighted by molar-refractivity contribution is -0.0695. The van der Waals surface area contributed by atoms with E-state index in [-0.39, 0.29) is 0 Å². The highest BCUT2D eigenvalue weighted by molar-refractivity contribution is 7.14. The van der Waals surface area contributed by atoms with Crippen LogP contribution >= 0.6 is 11.3 Å². The molecule has 3 aromatic rings. The number of fused-ring (bicyclic) bond motifs is 2. The van der Waals surface area contributed by atoms with Gasteiger partial charge in [0.25, 0.3) is 0 Å². The minimum absolute atomic E-state index is 0.584. The van der Waals surface area contributed by atoms with Crippen molar-refractivity contribution in [2.75, 3.05) is 37.7 Å². The van der Waals surface area contributed by atoms with E-state index in [1.165, 1.54) is 35.1 Å². The number of hydrogen-bond acceptors (Lipinski definition) is 6. The number of hydrogen-bond donors (Lipinski definition) is 0. The molecule has 1 saturated carbocycles. The second-order valence-corrected chi connectivity index (χ2v) is 12.7. The average Bonchev–Trinajstić information content (AvgIpc) is 3.30. The zero-order chi connectivity index (χ0) is 25.1. The van der Waals surface area contributed by atoms with E-state index >= 15 is 0 Å². The molecule has 0 radical (unpaired) electrons. The lowest BCUT2D eigenvalue weighted by Crippen LogP contribution is -2.50. The van der Waals surface area contributed by atoms with Crippen molar-refractivity contribution in [1.82, 2.24) is 9.88 Å². The van der Waals surface area contributed by atoms with E-state index in [1.807, 2.05) is 0 Å². The van der Waals surface area contributed by atoms with Crippen molar-refractivity contribution in [2.45, 2.75) is 59.2 Å². The number of aromatic nitrogens is 1. The van der Waals surface area contributed by atoms with Gasteiger partial charge >= 0.3 is 0 Å². The molecule has 0 amide bonds. The van der Waals surface area contributed by atoms with Gasteiger partial charge in [-0.1, -0.05) is 31.2 Å². The summed E-state index contributed by atoms with van der Waals surface area (Å²) in [6.07, 6.45) is 3.78. The minimum Gasteiger partial charge on any atom is -0.488 e. The standard InChI is InChI=1S/C31H37N3O2S/c1-20-5-4-6-27(28-19-37-30(32-28)34-12-10-31(3)13-24(31)15-34)29(20)36-16-23-8-7-22-14-33(25-17-35-18-25)11-9-26(22)21(23)2/h4-8,19,24-25H,9-18H2,1-3H3. The van der Waals surface area contributed by atoms with Crippen molar-refractivity contribution >= 4 is 16.5 Å². The Morgan fingerprint density at radius 3 is 2.86 bits per heavy atom. The topological polar surface area (TPSA) is 37.8 Å². The molecule has 5 nitrogen and oxygen atoms in total. The van der Waals surface area contributed by atoms with Crippen molar-refractivity contribution in [3.63, 3.8) is 0 Å². The van der Waals surface area contributed by atoms with Gasteiger partial charge < -0.3 is 14.4 Å². The first-order chi connectivity index (χ1) is 18.0. The Hall–Kier alpha value is -2.41. The molecule has 3 aliphatic heterocycles. The molecule has 0 spiro atoms. The lowest BCUT2D eigenvalue weighted by atomic mass is 9.91. The summed E-state index contributed by atoms with van der Waals surface area (Å²) in [7, 11) is 0. The van der Waals surface area contributed by atoms with E-state index in [0.717, 1.165) is 79.4 Å². The first-order valence-corrected chi connectivity index (χ1v) is 14.7. The monoisotopic (exact) mass is 515 g/mol. The highest BCUT2D eigenvalue weighted by Crippen LogP contribution is 2.58. The maximum absolute atomic E-state index is 6.58. The Morgan fingerprint density at radius 1 is 1.16 bits per heavy atom. The SMILES string of the molecule is Cc1cccc(-c2csc(N3CCC4(C)CC4C3)n2)c1OCc1ccc2c(c1C)CCN(C1COC1)C2. The van der Waals surface area contributed by atoms with Crippen LogP contribution in [0.25, 0.3) is 11.3 Å². The lowest BCUT2D eigenvalue weighted by Gasteiger charge is -2.40. The number of thiazole rings is 1. The van der Waals surface area contributed by atoms with E-state index in [2.05, 4.69) is 66.3 Å². The molecule has 4 aliphatic rings. The molecule has 4 heterocycles. The number of anilines is 1. The molecule has 194 valence electrons. The van der Waals surface area contributed by atoms with Gasteiger partial charge in [0, 0.05) is 37.1 Å². The largest absolute Gasteiger partial charge is 0.488 e. The third kappa shape index (κ3) is 4.27. The van der Waals surface area contributed by atoms with E-state index in [0.29, 0.717) is 18.1 Å². The van der Waals surface area contributed by atoms with Gasteiger partial charge in [-0.3, -0.25) is 4.90 Å². The maximum atomic E-state index is 6.58. The van der Waals surface area contributed by atoms with Crippen LogP contribution in [0.2, 0.25) is 0 Å². The van der Waals surface area contributed by atoms with Crippen LogP contribution in [0.15, 0.2) is 35.7 Å². The zero-order valence-corrected chi connectivity index (χ0v) is 23.1. The second-order valence-electron chi connectivity index (χ2n) is 11.9. The van der Waals surface area contributed by atoms with E-state index in [1.54, 1.807) is 11.3 Å². The van der Waals surface area contributed by atoms with Crippen LogP contribution in [0.1, 0.15) is 47.6 Å². The summed E-state index contributed by atoms with van der Waals surface area (Å²) in [6, 6.07) is 11.6. The summed E-state index contributed by atoms with van der Waals surface area (Å²) in [4.78, 5) is 10.2. The van der Waals surface area contributed by atoms with E-state index in [9.17, 15) is 0 Å². The van der Waals surface area contributed by atoms with Crippen LogP contribution in [0, 0.1) is 25.2 Å². The van der Waals surface area contributed by atoms with Gasteiger partial charge in [0.1, 0.15) is 12.4 Å². The summed E-state index contributed by atoms with van der Waals surface area (Å²) >= 11 is 1.77. The van der Waals surface area contributed by atoms with Gasteiger partial charge in [-0.15, -0.1) is 11.3 Å². The number of ether oxygens (including phenoxy) is 2. The van der Waals surface area contributed by atoms with Gasteiger partial charge in [0.15, 0.2) is 5.13 Å². The van der Waals surface area contributed by atoms with Gasteiger partial charge in [-0.25, -0.2) is 4.98 Å². The number of aryl methyl sites for hydroxylation is 1. The Bertz CT molecular complexity index is 1330. The molecule has 0 N–H and O–H groups in total. The van der Waals surface area contributed by atoms with Gasteiger partial charge in [-0.05, 0) is 78.3 Å². The van der Waals surface area contributed by atoms with Crippen LogP contribution in [0.3, 0.4) is 0 Å². The fourth-order valence-corrected chi connectivity index (χ4v) is 7.42. The number of piperidine rings is 1. The summed E-state index contributed by atoms with van der Waals surface area (Å²) in [5.74, 6) is 1.81. The first kappa shape index (κ1) is 23.7. The van der Waals surface area contributed by atoms with Crippen molar-refractivity contribution in [1.29, 1.82) is 0 Å². The fourth-order valence-electron chi connectivity index (χ4n) is 6.56. The third-order valence-electron chi connectivity index (χ3n) is 9.52. The average molecular weight is 516 g/mol. The minimum atomic E-state index is 0.584. The Kier molecular flexibility index (Phi) is 5.83. The Morgan fingerprint density at radius 2 is 2.05 bits per heavy atom. The predicted molar refractivity (Wildman–Crippen MR) is 150 cm³/mol. The normalized spacial score (nSPS) is 25.4. The molecule has 2 unspecified atom stereocenters. The fraction of sp³-hybridized carbons (Fsp3) is 0.516. The van der Waals surface area contributed by atoms with Crippen LogP contribution in [-0.4, -0.2) is 48.8 Å². The predicted octanol–water partition coefficient (Wildman–Crippen LogP) is 6.00. The first-order valence-electron chi connectivity index (χ1n) is 13.8. The van der Waals surface area contributed by atoms with Crippen LogP contribution in [0.4, 0.5) is 5.13 Å². The van der Waals surface area contributed by atoms with Gasteiger partial charge in [0.05, 0.1) is 24.9 Å².